The van der Waals surface area contributed by atoms with Crippen LogP contribution in [-0.2, 0) is 0 Å². The van der Waals surface area contributed by atoms with Gasteiger partial charge in [0.25, 0.3) is 0 Å². The molecule has 1 aliphatic rings. The van der Waals surface area contributed by atoms with Gasteiger partial charge in [-0.05, 0) is 31.4 Å². The summed E-state index contributed by atoms with van der Waals surface area (Å²) in [6.07, 6.45) is 4.28. The molecule has 2 aromatic rings. The summed E-state index contributed by atoms with van der Waals surface area (Å²) in [6.45, 7) is 0. The highest BCUT2D eigenvalue weighted by molar-refractivity contribution is 9.10. The van der Waals surface area contributed by atoms with Crippen LogP contribution >= 0.6 is 15.9 Å². The molecule has 0 saturated heterocycles. The van der Waals surface area contributed by atoms with E-state index in [0.29, 0.717) is 11.7 Å². The van der Waals surface area contributed by atoms with Gasteiger partial charge in [-0.25, -0.2) is 0 Å². The van der Waals surface area contributed by atoms with Crippen molar-refractivity contribution in [3.63, 3.8) is 0 Å². The van der Waals surface area contributed by atoms with E-state index >= 15 is 0 Å². The first kappa shape index (κ1) is 12.8. The third-order valence-electron chi connectivity index (χ3n) is 3.59. The second-order valence-electron chi connectivity index (χ2n) is 5.09. The van der Waals surface area contributed by atoms with Crippen molar-refractivity contribution >= 4 is 15.9 Å². The lowest BCUT2D eigenvalue weighted by atomic mass is 9.86. The van der Waals surface area contributed by atoms with E-state index in [2.05, 4.69) is 26.1 Å². The van der Waals surface area contributed by atoms with Crippen LogP contribution in [0.5, 0.6) is 0 Å². The molecule has 2 atom stereocenters. The molecule has 1 fully saturated rings. The van der Waals surface area contributed by atoms with Crippen LogP contribution < -0.4 is 5.73 Å². The van der Waals surface area contributed by atoms with Crippen molar-refractivity contribution in [3.8, 4) is 11.4 Å². The number of hydrogen-bond donors (Lipinski definition) is 1. The summed E-state index contributed by atoms with van der Waals surface area (Å²) in [7, 11) is 0. The van der Waals surface area contributed by atoms with E-state index in [1.54, 1.807) is 0 Å². The molecule has 0 aliphatic heterocycles. The van der Waals surface area contributed by atoms with E-state index < -0.39 is 0 Å². The highest BCUT2D eigenvalue weighted by Gasteiger charge is 2.25. The number of aromatic nitrogens is 2. The largest absolute Gasteiger partial charge is 0.339 e. The van der Waals surface area contributed by atoms with Gasteiger partial charge in [0.2, 0.25) is 11.7 Å². The molecule has 1 saturated carbocycles. The lowest BCUT2D eigenvalue weighted by Gasteiger charge is -2.23. The van der Waals surface area contributed by atoms with E-state index in [1.807, 2.05) is 24.3 Å². The Labute approximate surface area is 120 Å². The summed E-state index contributed by atoms with van der Waals surface area (Å²) in [5.74, 6) is 1.69. The van der Waals surface area contributed by atoms with Crippen LogP contribution in [0, 0.1) is 0 Å². The van der Waals surface area contributed by atoms with E-state index in [4.69, 9.17) is 10.3 Å². The molecule has 1 aromatic heterocycles. The normalized spacial score (nSPS) is 23.5. The maximum atomic E-state index is 6.00. The Bertz CT molecular complexity index is 569. The molecule has 1 heterocycles. The van der Waals surface area contributed by atoms with Crippen LogP contribution in [0.2, 0.25) is 0 Å². The van der Waals surface area contributed by atoms with E-state index in [0.717, 1.165) is 41.6 Å². The number of halogens is 1. The Balaban J connectivity index is 1.83. The molecule has 0 radical (unpaired) electrons. The Kier molecular flexibility index (Phi) is 3.66. The van der Waals surface area contributed by atoms with Crippen molar-refractivity contribution in [2.75, 3.05) is 0 Å². The Morgan fingerprint density at radius 3 is 3.00 bits per heavy atom. The molecule has 4 nitrogen and oxygen atoms in total. The fourth-order valence-corrected chi connectivity index (χ4v) is 3.00. The predicted octanol–water partition coefficient (Wildman–Crippen LogP) is 3.48. The van der Waals surface area contributed by atoms with Gasteiger partial charge in [0.1, 0.15) is 0 Å². The maximum absolute atomic E-state index is 6.00. The summed E-state index contributed by atoms with van der Waals surface area (Å²) < 4.78 is 6.42. The van der Waals surface area contributed by atoms with Gasteiger partial charge in [-0.2, -0.15) is 4.98 Å². The first-order chi connectivity index (χ1) is 9.22. The average molecular weight is 322 g/mol. The SMILES string of the molecule is NC1CCCC(c2nc(-c3cccc(Br)c3)no2)C1. The molecule has 1 aromatic carbocycles. The molecular formula is C14H16BrN3O. The van der Waals surface area contributed by atoms with Gasteiger partial charge in [0.15, 0.2) is 0 Å². The van der Waals surface area contributed by atoms with Crippen molar-refractivity contribution in [2.45, 2.75) is 37.6 Å². The van der Waals surface area contributed by atoms with Gasteiger partial charge >= 0.3 is 0 Å². The molecule has 2 unspecified atom stereocenters. The number of nitrogens with two attached hydrogens (primary N) is 1. The van der Waals surface area contributed by atoms with Crippen molar-refractivity contribution in [3.05, 3.63) is 34.6 Å². The van der Waals surface area contributed by atoms with Crippen LogP contribution in [0.3, 0.4) is 0 Å². The van der Waals surface area contributed by atoms with E-state index in [9.17, 15) is 0 Å². The smallest absolute Gasteiger partial charge is 0.230 e. The molecule has 3 rings (SSSR count). The lowest BCUT2D eigenvalue weighted by molar-refractivity contribution is 0.299. The zero-order valence-corrected chi connectivity index (χ0v) is 12.1. The fraction of sp³-hybridized carbons (Fsp3) is 0.429. The highest BCUT2D eigenvalue weighted by atomic mass is 79.9. The summed E-state index contributed by atoms with van der Waals surface area (Å²) >= 11 is 3.45. The van der Waals surface area contributed by atoms with E-state index in [1.165, 1.54) is 0 Å². The highest BCUT2D eigenvalue weighted by Crippen LogP contribution is 2.32. The third kappa shape index (κ3) is 2.87. The van der Waals surface area contributed by atoms with Crippen LogP contribution in [-0.4, -0.2) is 16.2 Å². The standard InChI is InChI=1S/C14H16BrN3O/c15-11-5-1-3-9(7-11)13-17-14(19-18-13)10-4-2-6-12(16)8-10/h1,3,5,7,10,12H,2,4,6,8,16H2. The molecular weight excluding hydrogens is 306 g/mol. The topological polar surface area (TPSA) is 64.9 Å². The summed E-state index contributed by atoms with van der Waals surface area (Å²) in [4.78, 5) is 4.53. The molecule has 2 N–H and O–H groups in total. The van der Waals surface area contributed by atoms with Gasteiger partial charge in [-0.3, -0.25) is 0 Å². The van der Waals surface area contributed by atoms with Gasteiger partial charge < -0.3 is 10.3 Å². The van der Waals surface area contributed by atoms with Gasteiger partial charge in [0.05, 0.1) is 0 Å². The maximum Gasteiger partial charge on any atom is 0.230 e. The van der Waals surface area contributed by atoms with Crippen molar-refractivity contribution < 1.29 is 4.52 Å². The van der Waals surface area contributed by atoms with Crippen molar-refractivity contribution in [1.82, 2.24) is 10.1 Å². The summed E-state index contributed by atoms with van der Waals surface area (Å²) in [5.41, 5.74) is 6.97. The number of benzene rings is 1. The molecule has 5 heteroatoms. The molecule has 0 bridgehead atoms. The second-order valence-corrected chi connectivity index (χ2v) is 6.01. The van der Waals surface area contributed by atoms with Crippen LogP contribution in [0.15, 0.2) is 33.3 Å². The minimum absolute atomic E-state index is 0.264. The van der Waals surface area contributed by atoms with Gasteiger partial charge in [0, 0.05) is 22.0 Å². The Morgan fingerprint density at radius 1 is 1.32 bits per heavy atom. The zero-order chi connectivity index (χ0) is 13.2. The molecule has 19 heavy (non-hydrogen) atoms. The van der Waals surface area contributed by atoms with E-state index in [-0.39, 0.29) is 6.04 Å². The van der Waals surface area contributed by atoms with Gasteiger partial charge in [-0.15, -0.1) is 0 Å². The third-order valence-corrected chi connectivity index (χ3v) is 4.08. The minimum atomic E-state index is 0.264. The molecule has 100 valence electrons. The lowest BCUT2D eigenvalue weighted by Crippen LogP contribution is -2.26. The molecule has 0 amide bonds. The second kappa shape index (κ2) is 5.43. The average Bonchev–Trinajstić information content (AvgIpc) is 2.88. The van der Waals surface area contributed by atoms with Crippen molar-refractivity contribution in [2.24, 2.45) is 5.73 Å². The zero-order valence-electron chi connectivity index (χ0n) is 10.6. The minimum Gasteiger partial charge on any atom is -0.339 e. The van der Waals surface area contributed by atoms with Gasteiger partial charge in [-0.1, -0.05) is 39.6 Å². The number of hydrogen-bond acceptors (Lipinski definition) is 4. The summed E-state index contributed by atoms with van der Waals surface area (Å²) in [5, 5.41) is 4.08. The first-order valence-electron chi connectivity index (χ1n) is 6.57. The number of nitrogens with zero attached hydrogens (tertiary/aromatic N) is 2. The van der Waals surface area contributed by atoms with Crippen LogP contribution in [0.1, 0.15) is 37.5 Å². The molecule has 0 spiro atoms. The number of rotatable bonds is 2. The fourth-order valence-electron chi connectivity index (χ4n) is 2.60. The molecule has 1 aliphatic carbocycles. The predicted molar refractivity (Wildman–Crippen MR) is 76.6 cm³/mol. The first-order valence-corrected chi connectivity index (χ1v) is 7.37. The quantitative estimate of drug-likeness (QED) is 0.919. The Hall–Kier alpha value is -1.20. The summed E-state index contributed by atoms with van der Waals surface area (Å²) in [6, 6.07) is 8.17. The van der Waals surface area contributed by atoms with Crippen molar-refractivity contribution in [1.29, 1.82) is 0 Å². The van der Waals surface area contributed by atoms with Crippen LogP contribution in [0.25, 0.3) is 11.4 Å². The monoisotopic (exact) mass is 321 g/mol. The van der Waals surface area contributed by atoms with Crippen LogP contribution in [0.4, 0.5) is 0 Å². The Morgan fingerprint density at radius 2 is 2.21 bits per heavy atom.